The molecule has 1 heterocycles. The molecule has 3 heteroatoms. The molecule has 5 rings (SSSR count). The summed E-state index contributed by atoms with van der Waals surface area (Å²) in [4.78, 5) is 0. The maximum Gasteiger partial charge on any atom is 0.135 e. The van der Waals surface area contributed by atoms with Crippen LogP contribution in [-0.4, -0.2) is 10.2 Å². The highest BCUT2D eigenvalue weighted by molar-refractivity contribution is 5.87. The molecule has 0 spiro atoms. The summed E-state index contributed by atoms with van der Waals surface area (Å²) in [6.07, 6.45) is 0. The molecule has 0 aromatic heterocycles. The van der Waals surface area contributed by atoms with E-state index in [1.165, 1.54) is 0 Å². The standard InChI is InChI=1S/C32H30O3/c1-20-27-18-23(31(2,3)21-6-12-25(33)13-7-21)10-16-29(27)35-30-17-11-24(19-28(20)30)32(4,5)22-8-14-26(34)15-9-22/h6-19,33-34H,1H2,2-5H3. The minimum absolute atomic E-state index is 0.258. The van der Waals surface area contributed by atoms with E-state index in [9.17, 15) is 10.2 Å². The predicted octanol–water partition coefficient (Wildman–Crippen LogP) is 7.92. The van der Waals surface area contributed by atoms with Crippen molar-refractivity contribution in [3.63, 3.8) is 0 Å². The highest BCUT2D eigenvalue weighted by atomic mass is 16.5. The first-order chi connectivity index (χ1) is 16.6. The van der Waals surface area contributed by atoms with Gasteiger partial charge in [0.25, 0.3) is 0 Å². The van der Waals surface area contributed by atoms with Crippen LogP contribution in [0.5, 0.6) is 23.0 Å². The van der Waals surface area contributed by atoms with E-state index in [1.54, 1.807) is 24.3 Å². The van der Waals surface area contributed by atoms with Gasteiger partial charge in [0.05, 0.1) is 0 Å². The molecule has 0 aliphatic carbocycles. The third kappa shape index (κ3) is 3.87. The lowest BCUT2D eigenvalue weighted by Gasteiger charge is -2.31. The van der Waals surface area contributed by atoms with Gasteiger partial charge in [-0.25, -0.2) is 0 Å². The topological polar surface area (TPSA) is 49.7 Å². The summed E-state index contributed by atoms with van der Waals surface area (Å²) < 4.78 is 6.30. The van der Waals surface area contributed by atoms with Gasteiger partial charge in [-0.2, -0.15) is 0 Å². The van der Waals surface area contributed by atoms with Crippen molar-refractivity contribution in [2.45, 2.75) is 38.5 Å². The summed E-state index contributed by atoms with van der Waals surface area (Å²) in [6, 6.07) is 27.4. The molecule has 1 aliphatic heterocycles. The van der Waals surface area contributed by atoms with Gasteiger partial charge in [-0.1, -0.05) is 70.7 Å². The van der Waals surface area contributed by atoms with Crippen molar-refractivity contribution in [1.82, 2.24) is 0 Å². The molecule has 35 heavy (non-hydrogen) atoms. The van der Waals surface area contributed by atoms with Gasteiger partial charge in [0, 0.05) is 22.0 Å². The second kappa shape index (κ2) is 8.06. The summed E-state index contributed by atoms with van der Waals surface area (Å²) in [7, 11) is 0. The fraction of sp³-hybridized carbons (Fsp3) is 0.188. The Kier molecular flexibility index (Phi) is 5.25. The van der Waals surface area contributed by atoms with Crippen LogP contribution in [0.4, 0.5) is 0 Å². The molecule has 0 atom stereocenters. The number of benzene rings is 4. The van der Waals surface area contributed by atoms with E-state index in [0.29, 0.717) is 0 Å². The largest absolute Gasteiger partial charge is 0.508 e. The second-order valence-corrected chi connectivity index (χ2v) is 10.3. The normalized spacial score (nSPS) is 13.1. The number of hydrogen-bond acceptors (Lipinski definition) is 3. The number of aromatic hydroxyl groups is 2. The van der Waals surface area contributed by atoms with E-state index >= 15 is 0 Å². The van der Waals surface area contributed by atoms with Gasteiger partial charge in [-0.3, -0.25) is 0 Å². The van der Waals surface area contributed by atoms with Gasteiger partial charge in [0.15, 0.2) is 0 Å². The van der Waals surface area contributed by atoms with E-state index < -0.39 is 0 Å². The van der Waals surface area contributed by atoms with Crippen LogP contribution in [-0.2, 0) is 10.8 Å². The lowest BCUT2D eigenvalue weighted by atomic mass is 9.75. The molecule has 0 fully saturated rings. The van der Waals surface area contributed by atoms with Gasteiger partial charge in [-0.15, -0.1) is 0 Å². The number of phenolic OH excluding ortho intramolecular Hbond substituents is 2. The molecule has 0 saturated carbocycles. The van der Waals surface area contributed by atoms with E-state index in [2.05, 4.69) is 58.5 Å². The van der Waals surface area contributed by atoms with E-state index in [4.69, 9.17) is 4.74 Å². The fourth-order valence-corrected chi connectivity index (χ4v) is 4.84. The minimum Gasteiger partial charge on any atom is -0.508 e. The average Bonchev–Trinajstić information content (AvgIpc) is 2.84. The second-order valence-electron chi connectivity index (χ2n) is 10.3. The summed E-state index contributed by atoms with van der Waals surface area (Å²) >= 11 is 0. The Morgan fingerprint density at radius 2 is 0.886 bits per heavy atom. The zero-order chi connectivity index (χ0) is 25.0. The third-order valence-corrected chi connectivity index (χ3v) is 7.45. The highest BCUT2D eigenvalue weighted by Gasteiger charge is 2.29. The first-order valence-corrected chi connectivity index (χ1v) is 11.8. The Labute approximate surface area is 207 Å². The van der Waals surface area contributed by atoms with Crippen molar-refractivity contribution in [2.75, 3.05) is 0 Å². The summed E-state index contributed by atoms with van der Waals surface area (Å²) in [6.45, 7) is 13.2. The lowest BCUT2D eigenvalue weighted by Crippen LogP contribution is -2.20. The SMILES string of the molecule is C=C1c2cc(C(C)(C)c3ccc(O)cc3)ccc2Oc2ccc(C(C)(C)c3ccc(O)cc3)cc21. The molecule has 0 unspecified atom stereocenters. The Morgan fingerprint density at radius 3 is 1.26 bits per heavy atom. The molecular weight excluding hydrogens is 432 g/mol. The Hall–Kier alpha value is -3.98. The minimum atomic E-state index is -0.258. The zero-order valence-electron chi connectivity index (χ0n) is 20.6. The van der Waals surface area contributed by atoms with Crippen LogP contribution < -0.4 is 4.74 Å². The molecule has 0 bridgehead atoms. The van der Waals surface area contributed by atoms with Crippen LogP contribution in [0.15, 0.2) is 91.5 Å². The van der Waals surface area contributed by atoms with Crippen molar-refractivity contribution in [2.24, 2.45) is 0 Å². The van der Waals surface area contributed by atoms with Crippen molar-refractivity contribution in [3.8, 4) is 23.0 Å². The third-order valence-electron chi connectivity index (χ3n) is 7.45. The van der Waals surface area contributed by atoms with E-state index in [-0.39, 0.29) is 22.3 Å². The Bertz CT molecular complexity index is 1320. The molecule has 0 saturated heterocycles. The first-order valence-electron chi connectivity index (χ1n) is 11.8. The van der Waals surface area contributed by atoms with Crippen LogP contribution in [0.2, 0.25) is 0 Å². The fourth-order valence-electron chi connectivity index (χ4n) is 4.84. The quantitative estimate of drug-likeness (QED) is 0.285. The molecule has 4 aromatic carbocycles. The number of phenols is 2. The lowest BCUT2D eigenvalue weighted by molar-refractivity contribution is 0.472. The highest BCUT2D eigenvalue weighted by Crippen LogP contribution is 2.46. The average molecular weight is 463 g/mol. The Balaban J connectivity index is 1.53. The molecule has 1 aliphatic rings. The predicted molar refractivity (Wildman–Crippen MR) is 142 cm³/mol. The molecular formula is C32H30O3. The van der Waals surface area contributed by atoms with Crippen LogP contribution in [0, 0.1) is 0 Å². The summed E-state index contributed by atoms with van der Waals surface area (Å²) in [5, 5.41) is 19.4. The van der Waals surface area contributed by atoms with E-state index in [1.807, 2.05) is 36.4 Å². The van der Waals surface area contributed by atoms with Gasteiger partial charge >= 0.3 is 0 Å². The van der Waals surface area contributed by atoms with Crippen LogP contribution in [0.3, 0.4) is 0 Å². The maximum absolute atomic E-state index is 9.70. The van der Waals surface area contributed by atoms with Crippen molar-refractivity contribution in [3.05, 3.63) is 125 Å². The van der Waals surface area contributed by atoms with Crippen LogP contribution in [0.1, 0.15) is 61.1 Å². The van der Waals surface area contributed by atoms with Crippen molar-refractivity contribution >= 4 is 5.57 Å². The van der Waals surface area contributed by atoms with Gasteiger partial charge in [0.1, 0.15) is 23.0 Å². The number of fused-ring (bicyclic) bond motifs is 2. The maximum atomic E-state index is 9.70. The number of ether oxygens (including phenoxy) is 1. The van der Waals surface area contributed by atoms with Gasteiger partial charge in [-0.05, 0) is 76.4 Å². The molecule has 176 valence electrons. The summed E-state index contributed by atoms with van der Waals surface area (Å²) in [5.41, 5.74) is 6.94. The van der Waals surface area contributed by atoms with Crippen molar-refractivity contribution in [1.29, 1.82) is 0 Å². The smallest absolute Gasteiger partial charge is 0.135 e. The molecule has 0 amide bonds. The van der Waals surface area contributed by atoms with Crippen LogP contribution >= 0.6 is 0 Å². The molecule has 4 aromatic rings. The summed E-state index contributed by atoms with van der Waals surface area (Å²) in [5.74, 6) is 2.13. The monoisotopic (exact) mass is 462 g/mol. The first kappa shape index (κ1) is 22.8. The van der Waals surface area contributed by atoms with Gasteiger partial charge < -0.3 is 14.9 Å². The zero-order valence-corrected chi connectivity index (χ0v) is 20.6. The molecule has 3 nitrogen and oxygen atoms in total. The van der Waals surface area contributed by atoms with E-state index in [0.717, 1.165) is 50.5 Å². The van der Waals surface area contributed by atoms with Crippen LogP contribution in [0.25, 0.3) is 5.57 Å². The van der Waals surface area contributed by atoms with Crippen molar-refractivity contribution < 1.29 is 14.9 Å². The molecule has 0 radical (unpaired) electrons. The molecule has 2 N–H and O–H groups in total. The Morgan fingerprint density at radius 1 is 0.543 bits per heavy atom. The number of rotatable bonds is 4. The number of hydrogen-bond donors (Lipinski definition) is 2. The van der Waals surface area contributed by atoms with Gasteiger partial charge in [0.2, 0.25) is 0 Å².